The minimum atomic E-state index is -0.510. The van der Waals surface area contributed by atoms with Crippen LogP contribution in [0.25, 0.3) is 0 Å². The molecule has 1 N–H and O–H groups in total. The third-order valence-electron chi connectivity index (χ3n) is 4.75. The van der Waals surface area contributed by atoms with Gasteiger partial charge in [0, 0.05) is 3.57 Å². The van der Waals surface area contributed by atoms with Crippen LogP contribution in [0.3, 0.4) is 0 Å². The summed E-state index contributed by atoms with van der Waals surface area (Å²) in [4.78, 5) is 24.8. The summed E-state index contributed by atoms with van der Waals surface area (Å²) in [5.41, 5.74) is 4.10. The largest absolute Gasteiger partial charge is 0.494 e. The lowest BCUT2D eigenvalue weighted by Gasteiger charge is -2.10. The molecule has 176 valence electrons. The summed E-state index contributed by atoms with van der Waals surface area (Å²) in [7, 11) is 1.48. The van der Waals surface area contributed by atoms with E-state index in [1.165, 1.54) is 13.3 Å². The second-order valence-corrected chi connectivity index (χ2v) is 8.37. The zero-order valence-corrected chi connectivity index (χ0v) is 21.1. The Morgan fingerprint density at radius 1 is 1.03 bits per heavy atom. The van der Waals surface area contributed by atoms with Crippen LogP contribution in [0.2, 0.25) is 0 Å². The van der Waals surface area contributed by atoms with Crippen LogP contribution in [0, 0.1) is 3.57 Å². The fourth-order valence-corrected chi connectivity index (χ4v) is 3.53. The summed E-state index contributed by atoms with van der Waals surface area (Å²) in [5, 5.41) is 4.00. The van der Waals surface area contributed by atoms with Crippen molar-refractivity contribution in [2.45, 2.75) is 19.8 Å². The highest BCUT2D eigenvalue weighted by Gasteiger charge is 2.13. The predicted octanol–water partition coefficient (Wildman–Crippen LogP) is 5.46. The number of methoxy groups -OCH3 is 1. The van der Waals surface area contributed by atoms with E-state index in [0.717, 1.165) is 16.4 Å². The lowest BCUT2D eigenvalue weighted by molar-refractivity contribution is 0.0729. The van der Waals surface area contributed by atoms with Gasteiger partial charge in [0.1, 0.15) is 5.75 Å². The summed E-state index contributed by atoms with van der Waals surface area (Å²) < 4.78 is 17.3. The van der Waals surface area contributed by atoms with Crippen LogP contribution in [0.5, 0.6) is 17.2 Å². The van der Waals surface area contributed by atoms with E-state index in [4.69, 9.17) is 14.2 Å². The zero-order chi connectivity index (χ0) is 24.3. The molecule has 0 atom stereocenters. The van der Waals surface area contributed by atoms with Gasteiger partial charge in [-0.1, -0.05) is 25.5 Å². The maximum absolute atomic E-state index is 12.6. The number of carbonyl (C=O) groups excluding carboxylic acids is 2. The minimum absolute atomic E-state index is 0.274. The van der Waals surface area contributed by atoms with Crippen molar-refractivity contribution in [3.05, 3.63) is 87.0 Å². The standard InChI is InChI=1S/C26H25IN2O5/c1-3-4-15-33-20-12-10-19(11-13-20)26(31)34-23-14-9-18(16-24(23)32-2)17-28-29-25(30)21-7-5-6-8-22(21)27/h5-14,16-17H,3-4,15H2,1-2H3,(H,29,30)/b28-17+. The topological polar surface area (TPSA) is 86.2 Å². The Morgan fingerprint density at radius 2 is 1.79 bits per heavy atom. The maximum atomic E-state index is 12.6. The van der Waals surface area contributed by atoms with Gasteiger partial charge in [0.05, 0.1) is 31.1 Å². The van der Waals surface area contributed by atoms with E-state index in [1.807, 2.05) is 12.1 Å². The molecule has 0 heterocycles. The average Bonchev–Trinajstić information content (AvgIpc) is 2.85. The molecule has 3 aromatic carbocycles. The lowest BCUT2D eigenvalue weighted by Crippen LogP contribution is -2.18. The number of hydrazone groups is 1. The van der Waals surface area contributed by atoms with Gasteiger partial charge >= 0.3 is 5.97 Å². The van der Waals surface area contributed by atoms with Crippen LogP contribution < -0.4 is 19.6 Å². The second-order valence-electron chi connectivity index (χ2n) is 7.21. The van der Waals surface area contributed by atoms with Gasteiger partial charge in [0.25, 0.3) is 5.91 Å². The Morgan fingerprint density at radius 3 is 2.50 bits per heavy atom. The number of halogens is 1. The highest BCUT2D eigenvalue weighted by atomic mass is 127. The van der Waals surface area contributed by atoms with E-state index in [9.17, 15) is 9.59 Å². The fourth-order valence-electron chi connectivity index (χ4n) is 2.90. The maximum Gasteiger partial charge on any atom is 0.343 e. The molecule has 1 amide bonds. The Kier molecular flexibility index (Phi) is 9.45. The first-order chi connectivity index (χ1) is 16.5. The number of hydrogen-bond donors (Lipinski definition) is 1. The monoisotopic (exact) mass is 572 g/mol. The second kappa shape index (κ2) is 12.7. The quantitative estimate of drug-likeness (QED) is 0.0871. The number of nitrogens with zero attached hydrogens (tertiary/aromatic N) is 1. The molecule has 8 heteroatoms. The highest BCUT2D eigenvalue weighted by Crippen LogP contribution is 2.28. The molecule has 0 aliphatic carbocycles. The van der Waals surface area contributed by atoms with Crippen LogP contribution >= 0.6 is 22.6 Å². The number of unbranched alkanes of at least 4 members (excludes halogenated alkanes) is 1. The first-order valence-electron chi connectivity index (χ1n) is 10.7. The summed E-state index contributed by atoms with van der Waals surface area (Å²) >= 11 is 2.10. The Labute approximate surface area is 212 Å². The number of carbonyl (C=O) groups is 2. The SMILES string of the molecule is CCCCOc1ccc(C(=O)Oc2ccc(/C=N/NC(=O)c3ccccc3I)cc2OC)cc1. The molecule has 0 spiro atoms. The number of benzene rings is 3. The van der Waals surface area contributed by atoms with E-state index >= 15 is 0 Å². The molecule has 0 bridgehead atoms. The zero-order valence-electron chi connectivity index (χ0n) is 18.9. The number of nitrogens with one attached hydrogen (secondary N) is 1. The Bertz CT molecular complexity index is 1160. The number of esters is 1. The fraction of sp³-hybridized carbons (Fsp3) is 0.192. The smallest absolute Gasteiger partial charge is 0.343 e. The minimum Gasteiger partial charge on any atom is -0.494 e. The van der Waals surface area contributed by atoms with Crippen molar-refractivity contribution in [3.8, 4) is 17.2 Å². The van der Waals surface area contributed by atoms with Crippen LogP contribution in [0.15, 0.2) is 71.8 Å². The van der Waals surface area contributed by atoms with Gasteiger partial charge in [-0.15, -0.1) is 0 Å². The molecule has 0 aromatic heterocycles. The molecular weight excluding hydrogens is 547 g/mol. The van der Waals surface area contributed by atoms with Crippen molar-refractivity contribution < 1.29 is 23.8 Å². The first kappa shape index (κ1) is 25.2. The molecule has 0 saturated heterocycles. The predicted molar refractivity (Wildman–Crippen MR) is 139 cm³/mol. The number of ether oxygens (including phenoxy) is 3. The van der Waals surface area contributed by atoms with Gasteiger partial charge in [-0.3, -0.25) is 4.79 Å². The van der Waals surface area contributed by atoms with Gasteiger partial charge < -0.3 is 14.2 Å². The molecule has 0 saturated carbocycles. The average molecular weight is 572 g/mol. The van der Waals surface area contributed by atoms with Crippen LogP contribution in [-0.2, 0) is 0 Å². The van der Waals surface area contributed by atoms with Crippen molar-refractivity contribution in [2.24, 2.45) is 5.10 Å². The van der Waals surface area contributed by atoms with Crippen molar-refractivity contribution in [3.63, 3.8) is 0 Å². The lowest BCUT2D eigenvalue weighted by atomic mass is 10.2. The summed E-state index contributed by atoms with van der Waals surface area (Å²) in [6.07, 6.45) is 3.51. The number of amides is 1. The molecule has 0 fully saturated rings. The van der Waals surface area contributed by atoms with Gasteiger partial charge in [-0.05, 0) is 89.2 Å². The van der Waals surface area contributed by atoms with Gasteiger partial charge in [0.2, 0.25) is 0 Å². The van der Waals surface area contributed by atoms with E-state index in [0.29, 0.717) is 34.8 Å². The normalized spacial score (nSPS) is 10.7. The van der Waals surface area contributed by atoms with E-state index in [2.05, 4.69) is 40.0 Å². The summed E-state index contributed by atoms with van der Waals surface area (Å²) in [6.45, 7) is 2.74. The van der Waals surface area contributed by atoms with Crippen molar-refractivity contribution in [1.29, 1.82) is 0 Å². The Hall–Kier alpha value is -3.40. The van der Waals surface area contributed by atoms with Gasteiger partial charge in [0.15, 0.2) is 11.5 Å². The number of hydrogen-bond acceptors (Lipinski definition) is 6. The molecule has 3 aromatic rings. The summed E-state index contributed by atoms with van der Waals surface area (Å²) in [6, 6.07) is 19.0. The molecule has 7 nitrogen and oxygen atoms in total. The van der Waals surface area contributed by atoms with Crippen molar-refractivity contribution >= 4 is 40.7 Å². The highest BCUT2D eigenvalue weighted by molar-refractivity contribution is 14.1. The van der Waals surface area contributed by atoms with Crippen molar-refractivity contribution in [2.75, 3.05) is 13.7 Å². The molecule has 0 aliphatic heterocycles. The first-order valence-corrected chi connectivity index (χ1v) is 11.8. The molecule has 0 aliphatic rings. The van der Waals surface area contributed by atoms with Crippen molar-refractivity contribution in [1.82, 2.24) is 5.43 Å². The van der Waals surface area contributed by atoms with Gasteiger partial charge in [-0.25, -0.2) is 10.2 Å². The van der Waals surface area contributed by atoms with Crippen LogP contribution in [0.4, 0.5) is 0 Å². The van der Waals surface area contributed by atoms with E-state index < -0.39 is 5.97 Å². The molecular formula is C26H25IN2O5. The van der Waals surface area contributed by atoms with E-state index in [-0.39, 0.29) is 11.7 Å². The molecule has 34 heavy (non-hydrogen) atoms. The van der Waals surface area contributed by atoms with Crippen LogP contribution in [-0.4, -0.2) is 31.8 Å². The number of rotatable bonds is 10. The summed E-state index contributed by atoms with van der Waals surface area (Å²) in [5.74, 6) is 0.530. The Balaban J connectivity index is 1.62. The molecule has 0 unspecified atom stereocenters. The third kappa shape index (κ3) is 7.05. The van der Waals surface area contributed by atoms with Crippen LogP contribution in [0.1, 0.15) is 46.0 Å². The van der Waals surface area contributed by atoms with E-state index in [1.54, 1.807) is 54.6 Å². The third-order valence-corrected chi connectivity index (χ3v) is 5.69. The molecule has 0 radical (unpaired) electrons. The molecule has 3 rings (SSSR count). The van der Waals surface area contributed by atoms with Gasteiger partial charge in [-0.2, -0.15) is 5.10 Å².